The molecule has 2 heterocycles. The van der Waals surface area contributed by atoms with E-state index < -0.39 is 0 Å². The highest BCUT2D eigenvalue weighted by molar-refractivity contribution is 7.25. The Morgan fingerprint density at radius 3 is 2.20 bits per heavy atom. The molecule has 0 amide bonds. The molecule has 2 aliphatic rings. The summed E-state index contributed by atoms with van der Waals surface area (Å²) in [7, 11) is 0. The number of nitrogens with zero attached hydrogens (tertiary/aromatic N) is 1. The molecule has 1 aromatic heterocycles. The highest BCUT2D eigenvalue weighted by Gasteiger charge is 2.29. The van der Waals surface area contributed by atoms with Crippen LogP contribution in [0.1, 0.15) is 55.2 Å². The molecule has 0 fully saturated rings. The molecule has 0 saturated carbocycles. The molecule has 0 spiro atoms. The Morgan fingerprint density at radius 2 is 1.43 bits per heavy atom. The van der Waals surface area contributed by atoms with Gasteiger partial charge in [0.25, 0.3) is 0 Å². The van der Waals surface area contributed by atoms with Crippen LogP contribution in [0, 0.1) is 0 Å². The minimum absolute atomic E-state index is 0.281. The first-order chi connectivity index (χ1) is 24.2. The maximum atomic E-state index is 3.96. The van der Waals surface area contributed by atoms with Crippen molar-refractivity contribution in [2.45, 2.75) is 63.1 Å². The molecule has 1 N–H and O–H groups in total. The lowest BCUT2D eigenvalue weighted by Crippen LogP contribution is -2.43. The first-order valence-electron chi connectivity index (χ1n) is 17.9. The second kappa shape index (κ2) is 14.4. The number of hydrogen-bond donors (Lipinski definition) is 1. The Bertz CT molecular complexity index is 2110. The van der Waals surface area contributed by atoms with Crippen molar-refractivity contribution in [3.63, 3.8) is 0 Å². The molecule has 1 aliphatic carbocycles. The van der Waals surface area contributed by atoms with Gasteiger partial charge in [0.15, 0.2) is 0 Å². The molecule has 8 rings (SSSR count). The summed E-state index contributed by atoms with van der Waals surface area (Å²) in [6, 6.07) is 48.4. The summed E-state index contributed by atoms with van der Waals surface area (Å²) in [5.74, 6) is 0.284. The first kappa shape index (κ1) is 31.6. The Morgan fingerprint density at radius 1 is 0.714 bits per heavy atom. The van der Waals surface area contributed by atoms with Crippen molar-refractivity contribution in [1.82, 2.24) is 5.32 Å². The summed E-state index contributed by atoms with van der Waals surface area (Å²) in [6.07, 6.45) is 16.9. The van der Waals surface area contributed by atoms with Gasteiger partial charge in [0.1, 0.15) is 0 Å². The molecule has 4 atom stereocenters. The van der Waals surface area contributed by atoms with E-state index in [4.69, 9.17) is 0 Å². The SMILES string of the molecule is CCC1/C=C\C=C/CC2=CC(N(c3ccccc3)c3ccc4sc5ccc(C(Cc6ccccc6)c6ccccc6)cc5c4c3)CC[C@H]2N1. The Hall–Kier alpha value is -4.70. The van der Waals surface area contributed by atoms with Crippen LogP contribution in [0.4, 0.5) is 11.4 Å². The maximum Gasteiger partial charge on any atom is 0.0526 e. The van der Waals surface area contributed by atoms with Crippen molar-refractivity contribution in [3.05, 3.63) is 180 Å². The van der Waals surface area contributed by atoms with E-state index in [-0.39, 0.29) is 12.0 Å². The van der Waals surface area contributed by atoms with E-state index >= 15 is 0 Å². The van der Waals surface area contributed by atoms with Crippen molar-refractivity contribution in [3.8, 4) is 0 Å². The van der Waals surface area contributed by atoms with Crippen LogP contribution < -0.4 is 10.2 Å². The maximum absolute atomic E-state index is 3.96. The number of anilines is 2. The van der Waals surface area contributed by atoms with Gasteiger partial charge < -0.3 is 10.2 Å². The van der Waals surface area contributed by atoms with Gasteiger partial charge in [-0.25, -0.2) is 0 Å². The fourth-order valence-electron chi connectivity index (χ4n) is 7.86. The minimum Gasteiger partial charge on any atom is -0.335 e. The zero-order chi connectivity index (χ0) is 33.0. The molecule has 5 aromatic carbocycles. The van der Waals surface area contributed by atoms with Gasteiger partial charge in [-0.1, -0.05) is 128 Å². The average molecular weight is 657 g/mol. The van der Waals surface area contributed by atoms with Gasteiger partial charge in [0, 0.05) is 49.5 Å². The standard InChI is InChI=1S/C46H44N2S/c1-2-37-20-12-5-11-19-36-30-39(24-26-44(36)47-37)48(38-21-13-6-14-22-38)40-25-28-46-43(32-40)42-31-35(23-27-45(42)49-46)41(34-17-9-4-10-18-34)29-33-15-7-3-8-16-33/h3-18,20-23,25,27-28,30-32,37,39,41,44,47H,2,19,24,26,29H2,1H3/b11-5-,20-12-/t37?,39?,41?,44-/m1/s1. The summed E-state index contributed by atoms with van der Waals surface area (Å²) in [5.41, 5.74) is 8.11. The lowest BCUT2D eigenvalue weighted by molar-refractivity contribution is 0.436. The molecule has 0 bridgehead atoms. The van der Waals surface area contributed by atoms with Crippen LogP contribution in [-0.2, 0) is 6.42 Å². The predicted octanol–water partition coefficient (Wildman–Crippen LogP) is 11.9. The van der Waals surface area contributed by atoms with Gasteiger partial charge in [-0.15, -0.1) is 11.3 Å². The van der Waals surface area contributed by atoms with Gasteiger partial charge >= 0.3 is 0 Å². The van der Waals surface area contributed by atoms with Crippen molar-refractivity contribution in [2.75, 3.05) is 4.90 Å². The minimum atomic E-state index is 0.281. The lowest BCUT2D eigenvalue weighted by Gasteiger charge is -2.38. The first-order valence-corrected chi connectivity index (χ1v) is 18.7. The number of rotatable bonds is 8. The van der Waals surface area contributed by atoms with Crippen LogP contribution in [0.3, 0.4) is 0 Å². The lowest BCUT2D eigenvalue weighted by atomic mass is 9.85. The van der Waals surface area contributed by atoms with Gasteiger partial charge in [0.05, 0.1) is 6.04 Å². The molecule has 49 heavy (non-hydrogen) atoms. The zero-order valence-electron chi connectivity index (χ0n) is 28.2. The molecule has 0 radical (unpaired) electrons. The Balaban J connectivity index is 1.20. The number of para-hydroxylation sites is 1. The number of hydrogen-bond acceptors (Lipinski definition) is 3. The van der Waals surface area contributed by atoms with E-state index in [0.717, 1.165) is 32.1 Å². The van der Waals surface area contributed by atoms with Gasteiger partial charge in [-0.05, 0) is 91.3 Å². The third kappa shape index (κ3) is 6.79. The van der Waals surface area contributed by atoms with E-state index in [2.05, 4.69) is 175 Å². The van der Waals surface area contributed by atoms with Gasteiger partial charge in [-0.2, -0.15) is 0 Å². The molecule has 3 heteroatoms. The van der Waals surface area contributed by atoms with Crippen LogP contribution >= 0.6 is 11.3 Å². The third-order valence-corrected chi connectivity index (χ3v) is 11.6. The fourth-order valence-corrected chi connectivity index (χ4v) is 8.92. The Kier molecular flexibility index (Phi) is 9.29. The third-order valence-electron chi connectivity index (χ3n) is 10.4. The molecule has 3 unspecified atom stereocenters. The normalized spacial score (nSPS) is 21.2. The second-order valence-electron chi connectivity index (χ2n) is 13.5. The largest absolute Gasteiger partial charge is 0.335 e. The smallest absolute Gasteiger partial charge is 0.0526 e. The van der Waals surface area contributed by atoms with Crippen molar-refractivity contribution >= 4 is 42.9 Å². The molecule has 2 nitrogen and oxygen atoms in total. The summed E-state index contributed by atoms with van der Waals surface area (Å²) < 4.78 is 2.69. The van der Waals surface area contributed by atoms with E-state index in [1.807, 2.05) is 11.3 Å². The average Bonchev–Trinajstić information content (AvgIpc) is 3.56. The van der Waals surface area contributed by atoms with E-state index in [1.165, 1.54) is 53.8 Å². The van der Waals surface area contributed by atoms with E-state index in [9.17, 15) is 0 Å². The number of allylic oxidation sites excluding steroid dienone is 3. The monoisotopic (exact) mass is 656 g/mol. The molecular weight excluding hydrogens is 613 g/mol. The number of thiophene rings is 1. The number of benzene rings is 5. The number of fused-ring (bicyclic) bond motifs is 4. The zero-order valence-corrected chi connectivity index (χ0v) is 29.0. The van der Waals surface area contributed by atoms with Crippen molar-refractivity contribution in [2.24, 2.45) is 0 Å². The van der Waals surface area contributed by atoms with Crippen LogP contribution in [0.5, 0.6) is 0 Å². The summed E-state index contributed by atoms with van der Waals surface area (Å²) in [5, 5.41) is 6.65. The Labute approximate surface area is 295 Å². The number of nitrogens with one attached hydrogen (secondary N) is 1. The van der Waals surface area contributed by atoms with Crippen molar-refractivity contribution in [1.29, 1.82) is 0 Å². The highest BCUT2D eigenvalue weighted by atomic mass is 32.1. The molecular formula is C46H44N2S. The predicted molar refractivity (Wildman–Crippen MR) is 211 cm³/mol. The van der Waals surface area contributed by atoms with E-state index in [1.54, 1.807) is 0 Å². The summed E-state index contributed by atoms with van der Waals surface area (Å²) in [4.78, 5) is 2.59. The van der Waals surface area contributed by atoms with E-state index in [0.29, 0.717) is 12.1 Å². The van der Waals surface area contributed by atoms with Crippen LogP contribution in [0.25, 0.3) is 20.2 Å². The fraction of sp³-hybridized carbons (Fsp3) is 0.217. The van der Waals surface area contributed by atoms with Crippen LogP contribution in [0.15, 0.2) is 163 Å². The molecule has 6 aromatic rings. The van der Waals surface area contributed by atoms with Crippen LogP contribution in [-0.4, -0.2) is 18.1 Å². The highest BCUT2D eigenvalue weighted by Crippen LogP contribution is 2.42. The van der Waals surface area contributed by atoms with Gasteiger partial charge in [-0.3, -0.25) is 0 Å². The summed E-state index contributed by atoms with van der Waals surface area (Å²) >= 11 is 1.90. The van der Waals surface area contributed by atoms with Crippen LogP contribution in [0.2, 0.25) is 0 Å². The molecule has 244 valence electrons. The topological polar surface area (TPSA) is 15.3 Å². The molecule has 1 aliphatic heterocycles. The quantitative estimate of drug-likeness (QED) is 0.164. The second-order valence-corrected chi connectivity index (χ2v) is 14.6. The van der Waals surface area contributed by atoms with Crippen molar-refractivity contribution < 1.29 is 0 Å². The summed E-state index contributed by atoms with van der Waals surface area (Å²) in [6.45, 7) is 2.27. The molecule has 0 saturated heterocycles. The van der Waals surface area contributed by atoms with Gasteiger partial charge in [0.2, 0.25) is 0 Å².